The third-order valence-electron chi connectivity index (χ3n) is 2.73. The van der Waals surface area contributed by atoms with Crippen molar-refractivity contribution in [3.8, 4) is 0 Å². The molecule has 0 rings (SSSR count). The Balaban J connectivity index is 5.49. The van der Waals surface area contributed by atoms with Gasteiger partial charge in [0.2, 0.25) is 0 Å². The molecule has 25 heavy (non-hydrogen) atoms. The summed E-state index contributed by atoms with van der Waals surface area (Å²) in [4.78, 5) is 11.4. The van der Waals surface area contributed by atoms with Gasteiger partial charge in [-0.2, -0.15) is 0 Å². The molecule has 0 bridgehead atoms. The van der Waals surface area contributed by atoms with Gasteiger partial charge in [0.1, 0.15) is 0 Å². The van der Waals surface area contributed by atoms with E-state index in [1.807, 2.05) is 6.92 Å². The molecule has 148 valence electrons. The van der Waals surface area contributed by atoms with Crippen LogP contribution in [0, 0.1) is 0 Å². The molecule has 0 saturated heterocycles. The van der Waals surface area contributed by atoms with E-state index in [1.54, 1.807) is 0 Å². The average Bonchev–Trinajstić information content (AvgIpc) is 2.29. The normalized spacial score (nSPS) is 15.0. The van der Waals surface area contributed by atoms with E-state index in [0.717, 1.165) is 0 Å². The van der Waals surface area contributed by atoms with Crippen molar-refractivity contribution in [1.82, 2.24) is 0 Å². The molecular weight excluding hydrogens is 385 g/mol. The lowest BCUT2D eigenvalue weighted by Gasteiger charge is -2.43. The molecule has 1 unspecified atom stereocenters. The van der Waals surface area contributed by atoms with E-state index in [0.29, 0.717) is 12.5 Å². The van der Waals surface area contributed by atoms with Crippen molar-refractivity contribution in [3.05, 3.63) is 12.7 Å². The van der Waals surface area contributed by atoms with Crippen LogP contribution in [0.1, 0.15) is 13.3 Å². The van der Waals surface area contributed by atoms with Gasteiger partial charge >= 0.3 is 14.8 Å². The fourth-order valence-corrected chi connectivity index (χ4v) is 17.1. The highest BCUT2D eigenvalue weighted by atomic mass is 28.5. The Morgan fingerprint density at radius 2 is 1.24 bits per heavy atom. The lowest BCUT2D eigenvalue weighted by atomic mass is 10.3. The maximum absolute atomic E-state index is 11.4. The minimum Gasteiger partial charge on any atom is -0.460 e. The molecule has 0 aliphatic rings. The zero-order chi connectivity index (χ0) is 20.1. The SMILES string of the molecule is C=CC(=O)OC(C)CC[Si](O[Si](C)(C)C)(O[Si](C)(C)C)O[Si](C)(C)C. The summed E-state index contributed by atoms with van der Waals surface area (Å²) in [5.74, 6) is -0.400. The molecule has 0 saturated carbocycles. The van der Waals surface area contributed by atoms with Gasteiger partial charge in [0, 0.05) is 12.1 Å². The predicted molar refractivity (Wildman–Crippen MR) is 114 cm³/mol. The molecule has 0 aromatic carbocycles. The van der Waals surface area contributed by atoms with Gasteiger partial charge in [0.25, 0.3) is 0 Å². The highest BCUT2D eigenvalue weighted by molar-refractivity contribution is 6.90. The Hall–Kier alpha value is -0.0425. The van der Waals surface area contributed by atoms with Gasteiger partial charge in [-0.25, -0.2) is 4.79 Å². The highest BCUT2D eigenvalue weighted by Gasteiger charge is 2.49. The lowest BCUT2D eigenvalue weighted by Crippen LogP contribution is -2.60. The molecule has 0 aliphatic heterocycles. The second-order valence-electron chi connectivity index (χ2n) is 9.32. The van der Waals surface area contributed by atoms with Gasteiger partial charge in [-0.05, 0) is 72.3 Å². The third kappa shape index (κ3) is 12.9. The van der Waals surface area contributed by atoms with Gasteiger partial charge in [-0.3, -0.25) is 0 Å². The molecule has 0 aromatic heterocycles. The first-order valence-corrected chi connectivity index (χ1v) is 21.1. The fraction of sp³-hybridized carbons (Fsp3) is 0.812. The Labute approximate surface area is 158 Å². The molecule has 0 amide bonds. The highest BCUT2D eigenvalue weighted by Crippen LogP contribution is 2.30. The van der Waals surface area contributed by atoms with E-state index >= 15 is 0 Å². The summed E-state index contributed by atoms with van der Waals surface area (Å²) in [5, 5.41) is 0. The number of carbonyl (C=O) groups is 1. The van der Waals surface area contributed by atoms with E-state index in [2.05, 4.69) is 65.5 Å². The van der Waals surface area contributed by atoms with Crippen molar-refractivity contribution < 1.29 is 21.9 Å². The second kappa shape index (κ2) is 9.24. The average molecular weight is 423 g/mol. The zero-order valence-electron chi connectivity index (χ0n) is 17.8. The topological polar surface area (TPSA) is 54.0 Å². The van der Waals surface area contributed by atoms with E-state index in [9.17, 15) is 4.79 Å². The van der Waals surface area contributed by atoms with Crippen LogP contribution >= 0.6 is 0 Å². The number of carbonyl (C=O) groups excluding carboxylic acids is 1. The third-order valence-corrected chi connectivity index (χ3v) is 14.7. The summed E-state index contributed by atoms with van der Waals surface area (Å²) in [6.07, 6.45) is 1.63. The number of rotatable bonds is 11. The molecular formula is C16H38O5Si4. The van der Waals surface area contributed by atoms with E-state index in [4.69, 9.17) is 17.1 Å². The molecule has 1 atom stereocenters. The summed E-state index contributed by atoms with van der Waals surface area (Å²) in [5.41, 5.74) is 0. The van der Waals surface area contributed by atoms with Crippen LogP contribution in [-0.2, 0) is 21.9 Å². The van der Waals surface area contributed by atoms with Crippen molar-refractivity contribution in [1.29, 1.82) is 0 Å². The maximum atomic E-state index is 11.4. The van der Waals surface area contributed by atoms with Crippen LogP contribution in [0.2, 0.25) is 65.0 Å². The van der Waals surface area contributed by atoms with Gasteiger partial charge in [-0.15, -0.1) is 0 Å². The molecule has 0 spiro atoms. The maximum Gasteiger partial charge on any atom is 0.469 e. The second-order valence-corrected chi connectivity index (χ2v) is 26.3. The zero-order valence-corrected chi connectivity index (χ0v) is 21.8. The van der Waals surface area contributed by atoms with E-state index in [-0.39, 0.29) is 6.10 Å². The van der Waals surface area contributed by atoms with Crippen molar-refractivity contribution >= 4 is 39.7 Å². The van der Waals surface area contributed by atoms with E-state index < -0.39 is 39.7 Å². The van der Waals surface area contributed by atoms with Crippen molar-refractivity contribution in [2.45, 2.75) is 84.4 Å². The first kappa shape index (κ1) is 25.0. The standard InChI is InChI=1S/C16H38O5Si4/c1-12-16(17)18-15(2)13-14-25(19-22(3,4)5,20-23(6,7)8)21-24(9,10)11/h12,15H,1,13-14H2,2-11H3. The van der Waals surface area contributed by atoms with Crippen LogP contribution in [0.15, 0.2) is 12.7 Å². The van der Waals surface area contributed by atoms with Crippen LogP contribution in [0.4, 0.5) is 0 Å². The van der Waals surface area contributed by atoms with Gasteiger partial charge in [-0.1, -0.05) is 6.58 Å². The quantitative estimate of drug-likeness (QED) is 0.267. The van der Waals surface area contributed by atoms with Crippen LogP contribution in [0.25, 0.3) is 0 Å². The monoisotopic (exact) mass is 422 g/mol. The van der Waals surface area contributed by atoms with Crippen LogP contribution in [0.3, 0.4) is 0 Å². The van der Waals surface area contributed by atoms with Crippen molar-refractivity contribution in [3.63, 3.8) is 0 Å². The van der Waals surface area contributed by atoms with Gasteiger partial charge in [0.05, 0.1) is 6.10 Å². The minimum atomic E-state index is -2.86. The molecule has 9 heteroatoms. The summed E-state index contributed by atoms with van der Waals surface area (Å²) < 4.78 is 25.1. The van der Waals surface area contributed by atoms with Crippen molar-refractivity contribution in [2.75, 3.05) is 0 Å². The van der Waals surface area contributed by atoms with E-state index in [1.165, 1.54) is 6.08 Å². The molecule has 5 nitrogen and oxygen atoms in total. The summed E-state index contributed by atoms with van der Waals surface area (Å²) in [6, 6.07) is 0.664. The Kier molecular flexibility index (Phi) is 9.23. The molecule has 0 radical (unpaired) electrons. The fourth-order valence-electron chi connectivity index (χ4n) is 2.30. The Morgan fingerprint density at radius 1 is 0.880 bits per heavy atom. The van der Waals surface area contributed by atoms with Crippen molar-refractivity contribution in [2.24, 2.45) is 0 Å². The lowest BCUT2D eigenvalue weighted by molar-refractivity contribution is -0.142. The van der Waals surface area contributed by atoms with Crippen LogP contribution in [0.5, 0.6) is 0 Å². The Morgan fingerprint density at radius 3 is 1.52 bits per heavy atom. The number of hydrogen-bond acceptors (Lipinski definition) is 5. The molecule has 0 aromatic rings. The van der Waals surface area contributed by atoms with Crippen LogP contribution < -0.4 is 0 Å². The summed E-state index contributed by atoms with van der Waals surface area (Å²) in [7, 11) is -8.47. The minimum absolute atomic E-state index is 0.224. The number of hydrogen-bond donors (Lipinski definition) is 0. The number of esters is 1. The first-order chi connectivity index (χ1) is 11.0. The largest absolute Gasteiger partial charge is 0.469 e. The first-order valence-electron chi connectivity index (χ1n) is 8.90. The summed E-state index contributed by atoms with van der Waals surface area (Å²) in [6.45, 7) is 24.8. The molecule has 0 heterocycles. The molecule has 0 aliphatic carbocycles. The molecule has 0 fully saturated rings. The smallest absolute Gasteiger partial charge is 0.460 e. The van der Waals surface area contributed by atoms with Gasteiger partial charge < -0.3 is 17.1 Å². The number of ether oxygens (including phenoxy) is 1. The van der Waals surface area contributed by atoms with Gasteiger partial charge in [0.15, 0.2) is 25.0 Å². The molecule has 0 N–H and O–H groups in total. The summed E-state index contributed by atoms with van der Waals surface area (Å²) >= 11 is 0. The Bertz CT molecular complexity index is 408. The van der Waals surface area contributed by atoms with Crippen LogP contribution in [-0.4, -0.2) is 45.8 Å². The predicted octanol–water partition coefficient (Wildman–Crippen LogP) is 4.99.